The first-order valence-corrected chi connectivity index (χ1v) is 7.03. The minimum Gasteiger partial charge on any atom is -0.326 e. The van der Waals surface area contributed by atoms with Crippen LogP contribution in [0.5, 0.6) is 0 Å². The molecule has 1 fully saturated rings. The molecule has 3 nitrogen and oxygen atoms in total. The van der Waals surface area contributed by atoms with Gasteiger partial charge in [0.05, 0.1) is 12.2 Å². The summed E-state index contributed by atoms with van der Waals surface area (Å²) in [6.45, 7) is 11.7. The third-order valence-electron chi connectivity index (χ3n) is 3.47. The van der Waals surface area contributed by atoms with Crippen molar-refractivity contribution in [2.45, 2.75) is 66.1 Å². The van der Waals surface area contributed by atoms with E-state index in [0.29, 0.717) is 17.7 Å². The molecule has 0 aliphatic carbocycles. The summed E-state index contributed by atoms with van der Waals surface area (Å²) < 4.78 is 0. The van der Waals surface area contributed by atoms with Crippen LogP contribution in [0.1, 0.15) is 53.9 Å². The maximum atomic E-state index is 12.3. The summed E-state index contributed by atoms with van der Waals surface area (Å²) in [7, 11) is 0. The van der Waals surface area contributed by atoms with E-state index in [0.717, 1.165) is 25.8 Å². The Labute approximate surface area is 106 Å². The lowest BCUT2D eigenvalue weighted by Gasteiger charge is -2.24. The van der Waals surface area contributed by atoms with E-state index in [1.54, 1.807) is 0 Å². The van der Waals surface area contributed by atoms with Gasteiger partial charge < -0.3 is 4.90 Å². The predicted molar refractivity (Wildman–Crippen MR) is 71.6 cm³/mol. The largest absolute Gasteiger partial charge is 0.326 e. The highest BCUT2D eigenvalue weighted by atomic mass is 16.2. The van der Waals surface area contributed by atoms with Crippen LogP contribution in [0.15, 0.2) is 0 Å². The van der Waals surface area contributed by atoms with Crippen molar-refractivity contribution in [1.82, 2.24) is 10.2 Å². The van der Waals surface area contributed by atoms with Crippen LogP contribution in [0.2, 0.25) is 0 Å². The Balaban J connectivity index is 2.65. The van der Waals surface area contributed by atoms with E-state index >= 15 is 0 Å². The van der Waals surface area contributed by atoms with Crippen molar-refractivity contribution in [3.8, 4) is 0 Å². The Morgan fingerprint density at radius 1 is 1.29 bits per heavy atom. The van der Waals surface area contributed by atoms with Gasteiger partial charge in [-0.05, 0) is 24.7 Å². The van der Waals surface area contributed by atoms with Gasteiger partial charge >= 0.3 is 0 Å². The minimum atomic E-state index is 0.0266. The quantitative estimate of drug-likeness (QED) is 0.774. The maximum absolute atomic E-state index is 12.3. The molecule has 3 heteroatoms. The van der Waals surface area contributed by atoms with E-state index in [1.165, 1.54) is 0 Å². The second-order valence-electron chi connectivity index (χ2n) is 5.91. The van der Waals surface area contributed by atoms with E-state index in [2.05, 4.69) is 44.8 Å². The van der Waals surface area contributed by atoms with Crippen LogP contribution in [0, 0.1) is 11.8 Å². The number of carbonyl (C=O) groups is 1. The fraction of sp³-hybridized carbons (Fsp3) is 0.929. The molecule has 1 heterocycles. The summed E-state index contributed by atoms with van der Waals surface area (Å²) in [5, 5.41) is 3.49. The van der Waals surface area contributed by atoms with Crippen LogP contribution in [0.4, 0.5) is 0 Å². The Bertz CT molecular complexity index is 251. The highest BCUT2D eigenvalue weighted by molar-refractivity contribution is 5.84. The Morgan fingerprint density at radius 2 is 1.94 bits per heavy atom. The molecule has 1 saturated heterocycles. The molecule has 2 atom stereocenters. The second kappa shape index (κ2) is 6.39. The molecule has 0 bridgehead atoms. The van der Waals surface area contributed by atoms with Crippen molar-refractivity contribution in [2.75, 3.05) is 6.54 Å². The lowest BCUT2D eigenvalue weighted by atomic mass is 10.0. The molecule has 0 aromatic heterocycles. The van der Waals surface area contributed by atoms with E-state index in [-0.39, 0.29) is 12.2 Å². The van der Waals surface area contributed by atoms with Crippen molar-refractivity contribution >= 4 is 5.91 Å². The van der Waals surface area contributed by atoms with Crippen molar-refractivity contribution in [1.29, 1.82) is 0 Å². The van der Waals surface area contributed by atoms with Gasteiger partial charge in [0.1, 0.15) is 0 Å². The van der Waals surface area contributed by atoms with Crippen molar-refractivity contribution in [2.24, 2.45) is 11.8 Å². The fourth-order valence-electron chi connectivity index (χ4n) is 2.35. The zero-order chi connectivity index (χ0) is 13.0. The van der Waals surface area contributed by atoms with E-state index in [4.69, 9.17) is 0 Å². The van der Waals surface area contributed by atoms with E-state index in [9.17, 15) is 4.79 Å². The van der Waals surface area contributed by atoms with Gasteiger partial charge in [0.25, 0.3) is 0 Å². The molecule has 100 valence electrons. The van der Waals surface area contributed by atoms with Gasteiger partial charge in [-0.3, -0.25) is 10.1 Å². The number of hydrogen-bond acceptors (Lipinski definition) is 2. The SMILES string of the molecule is CCCC1NC(C(C)C)C(=O)N1CCC(C)C. The summed E-state index contributed by atoms with van der Waals surface area (Å²) in [5.41, 5.74) is 0. The van der Waals surface area contributed by atoms with Gasteiger partial charge in [-0.15, -0.1) is 0 Å². The third-order valence-corrected chi connectivity index (χ3v) is 3.47. The smallest absolute Gasteiger partial charge is 0.241 e. The molecule has 2 unspecified atom stereocenters. The van der Waals surface area contributed by atoms with Gasteiger partial charge in [0.15, 0.2) is 0 Å². The normalized spacial score (nSPS) is 25.4. The number of nitrogens with zero attached hydrogens (tertiary/aromatic N) is 1. The minimum absolute atomic E-state index is 0.0266. The molecule has 0 spiro atoms. The lowest BCUT2D eigenvalue weighted by molar-refractivity contribution is -0.130. The standard InChI is InChI=1S/C14H28N2O/c1-6-7-12-15-13(11(4)5)14(17)16(12)9-8-10(2)3/h10-13,15H,6-9H2,1-5H3. The highest BCUT2D eigenvalue weighted by Crippen LogP contribution is 2.20. The molecule has 1 aliphatic heterocycles. The lowest BCUT2D eigenvalue weighted by Crippen LogP contribution is -2.38. The molecule has 0 aromatic rings. The summed E-state index contributed by atoms with van der Waals surface area (Å²) in [6.07, 6.45) is 3.54. The van der Waals surface area contributed by atoms with Gasteiger partial charge in [-0.2, -0.15) is 0 Å². The monoisotopic (exact) mass is 240 g/mol. The summed E-state index contributed by atoms with van der Waals surface area (Å²) >= 11 is 0. The molecule has 1 amide bonds. The predicted octanol–water partition coefficient (Wildman–Crippen LogP) is 2.62. The van der Waals surface area contributed by atoms with Crippen LogP contribution in [-0.2, 0) is 4.79 Å². The first-order valence-electron chi connectivity index (χ1n) is 7.03. The Hall–Kier alpha value is -0.570. The summed E-state index contributed by atoms with van der Waals surface area (Å²) in [4.78, 5) is 14.4. The van der Waals surface area contributed by atoms with Crippen LogP contribution < -0.4 is 5.32 Å². The molecule has 0 saturated carbocycles. The average Bonchev–Trinajstić information content (AvgIpc) is 2.53. The number of nitrogens with one attached hydrogen (secondary N) is 1. The second-order valence-corrected chi connectivity index (χ2v) is 5.91. The highest BCUT2D eigenvalue weighted by Gasteiger charge is 2.39. The number of rotatable bonds is 6. The summed E-state index contributed by atoms with van der Waals surface area (Å²) in [5.74, 6) is 1.34. The molecule has 1 aliphatic rings. The molecule has 1 rings (SSSR count). The van der Waals surface area contributed by atoms with E-state index in [1.807, 2.05) is 0 Å². The van der Waals surface area contributed by atoms with Crippen LogP contribution in [-0.4, -0.2) is 29.6 Å². The summed E-state index contributed by atoms with van der Waals surface area (Å²) in [6, 6.07) is 0.0266. The number of carbonyl (C=O) groups excluding carboxylic acids is 1. The first-order chi connectivity index (χ1) is 7.97. The fourth-order valence-corrected chi connectivity index (χ4v) is 2.35. The van der Waals surface area contributed by atoms with Gasteiger partial charge in [-0.1, -0.05) is 41.0 Å². The molecule has 0 aromatic carbocycles. The zero-order valence-electron chi connectivity index (χ0n) is 12.0. The first kappa shape index (κ1) is 14.5. The van der Waals surface area contributed by atoms with Crippen LogP contribution >= 0.6 is 0 Å². The average molecular weight is 240 g/mol. The van der Waals surface area contributed by atoms with Gasteiger partial charge in [-0.25, -0.2) is 0 Å². The molecule has 0 radical (unpaired) electrons. The van der Waals surface area contributed by atoms with Crippen LogP contribution in [0.25, 0.3) is 0 Å². The van der Waals surface area contributed by atoms with E-state index < -0.39 is 0 Å². The van der Waals surface area contributed by atoms with Gasteiger partial charge in [0, 0.05) is 6.54 Å². The molecular formula is C14H28N2O. The van der Waals surface area contributed by atoms with Crippen molar-refractivity contribution < 1.29 is 4.79 Å². The topological polar surface area (TPSA) is 32.3 Å². The van der Waals surface area contributed by atoms with Crippen molar-refractivity contribution in [3.63, 3.8) is 0 Å². The molecular weight excluding hydrogens is 212 g/mol. The number of amides is 1. The third kappa shape index (κ3) is 3.70. The van der Waals surface area contributed by atoms with Gasteiger partial charge in [0.2, 0.25) is 5.91 Å². The molecule has 1 N–H and O–H groups in total. The van der Waals surface area contributed by atoms with Crippen molar-refractivity contribution in [3.05, 3.63) is 0 Å². The van der Waals surface area contributed by atoms with Crippen LogP contribution in [0.3, 0.4) is 0 Å². The Morgan fingerprint density at radius 3 is 2.41 bits per heavy atom. The maximum Gasteiger partial charge on any atom is 0.241 e. The zero-order valence-corrected chi connectivity index (χ0v) is 12.0. The number of hydrogen-bond donors (Lipinski definition) is 1. The molecule has 17 heavy (non-hydrogen) atoms. The Kier molecular flexibility index (Phi) is 5.44.